The molecular weight excluding hydrogens is 364 g/mol. The van der Waals surface area contributed by atoms with Crippen molar-refractivity contribution in [2.24, 2.45) is 5.18 Å². The summed E-state index contributed by atoms with van der Waals surface area (Å²) in [7, 11) is -4.50. The number of phenols is 1. The van der Waals surface area contributed by atoms with Gasteiger partial charge in [0.1, 0.15) is 11.4 Å². The van der Waals surface area contributed by atoms with Crippen LogP contribution in [0.4, 0.5) is 11.4 Å². The molecule has 26 heavy (non-hydrogen) atoms. The maximum Gasteiger partial charge on any atom is 0.303 e. The quantitative estimate of drug-likeness (QED) is 0.467. The number of rotatable bonds is 7. The lowest BCUT2D eigenvalue weighted by molar-refractivity contribution is -0.890. The van der Waals surface area contributed by atoms with Crippen LogP contribution >= 0.6 is 0 Å². The Labute approximate surface area is 151 Å². The van der Waals surface area contributed by atoms with E-state index in [9.17, 15) is 27.8 Å². The Balaban J connectivity index is 2.51. The SMILES string of the molecule is CC1(C)CC(CS(=O)(=O)[O-])c2cc(N=O)c(O)cc2[NH+]1CCCC(=O)O. The zero-order valence-corrected chi connectivity index (χ0v) is 15.4. The van der Waals surface area contributed by atoms with Crippen molar-refractivity contribution in [3.8, 4) is 5.75 Å². The van der Waals surface area contributed by atoms with Gasteiger partial charge in [-0.25, -0.2) is 8.42 Å². The topological polar surface area (TPSA) is 149 Å². The number of aliphatic carboxylic acids is 1. The van der Waals surface area contributed by atoms with E-state index in [1.165, 1.54) is 12.1 Å². The van der Waals surface area contributed by atoms with Gasteiger partial charge in [-0.15, -0.1) is 4.91 Å². The first-order valence-corrected chi connectivity index (χ1v) is 9.74. The lowest BCUT2D eigenvalue weighted by atomic mass is 9.79. The van der Waals surface area contributed by atoms with E-state index in [1.54, 1.807) is 0 Å². The molecule has 1 aromatic rings. The molecule has 0 saturated carbocycles. The normalized spacial score (nSPS) is 21.8. The van der Waals surface area contributed by atoms with Crippen LogP contribution in [0.2, 0.25) is 0 Å². The number of carboxylic acids is 1. The Kier molecular flexibility index (Phi) is 5.69. The van der Waals surface area contributed by atoms with Crippen molar-refractivity contribution < 1.29 is 32.9 Å². The molecule has 0 spiro atoms. The van der Waals surface area contributed by atoms with Gasteiger partial charge in [-0.3, -0.25) is 9.69 Å². The number of hydrogen-bond acceptors (Lipinski definition) is 7. The molecule has 1 heterocycles. The smallest absolute Gasteiger partial charge is 0.303 e. The molecular formula is C16H22N2O7S. The van der Waals surface area contributed by atoms with Crippen molar-refractivity contribution >= 4 is 27.5 Å². The molecule has 0 amide bonds. The fraction of sp³-hybridized carbons (Fsp3) is 0.562. The fourth-order valence-corrected chi connectivity index (χ4v) is 4.55. The number of benzene rings is 1. The van der Waals surface area contributed by atoms with Gasteiger partial charge >= 0.3 is 5.97 Å². The number of carbonyl (C=O) groups is 1. The number of quaternary nitrogens is 1. The van der Waals surface area contributed by atoms with Crippen LogP contribution in [0.25, 0.3) is 0 Å². The molecule has 0 bridgehead atoms. The van der Waals surface area contributed by atoms with Gasteiger partial charge in [-0.1, -0.05) is 0 Å². The van der Waals surface area contributed by atoms with E-state index in [2.05, 4.69) is 5.18 Å². The van der Waals surface area contributed by atoms with Crippen LogP contribution in [0.3, 0.4) is 0 Å². The second kappa shape index (κ2) is 7.29. The molecule has 9 nitrogen and oxygen atoms in total. The van der Waals surface area contributed by atoms with E-state index in [-0.39, 0.29) is 17.9 Å². The average Bonchev–Trinajstić information content (AvgIpc) is 2.47. The third kappa shape index (κ3) is 4.57. The highest BCUT2D eigenvalue weighted by Crippen LogP contribution is 2.41. The van der Waals surface area contributed by atoms with Crippen molar-refractivity contribution in [3.63, 3.8) is 0 Å². The van der Waals surface area contributed by atoms with Crippen molar-refractivity contribution in [3.05, 3.63) is 22.6 Å². The molecule has 1 aliphatic heterocycles. The van der Waals surface area contributed by atoms with Gasteiger partial charge in [0.15, 0.2) is 5.75 Å². The average molecular weight is 386 g/mol. The van der Waals surface area contributed by atoms with Gasteiger partial charge in [0.05, 0.1) is 28.6 Å². The monoisotopic (exact) mass is 386 g/mol. The molecule has 0 aliphatic carbocycles. The predicted molar refractivity (Wildman–Crippen MR) is 91.9 cm³/mol. The number of fused-ring (bicyclic) bond motifs is 1. The third-order valence-corrected chi connectivity index (χ3v) is 5.62. The molecule has 10 heteroatoms. The third-order valence-electron chi connectivity index (χ3n) is 4.81. The summed E-state index contributed by atoms with van der Waals surface area (Å²) in [5.74, 6) is -2.50. The van der Waals surface area contributed by atoms with E-state index in [1.807, 2.05) is 13.8 Å². The van der Waals surface area contributed by atoms with Crippen LogP contribution in [0.1, 0.15) is 44.6 Å². The summed E-state index contributed by atoms with van der Waals surface area (Å²) in [6, 6.07) is 2.67. The summed E-state index contributed by atoms with van der Waals surface area (Å²) in [6.07, 6.45) is 0.715. The van der Waals surface area contributed by atoms with Crippen LogP contribution in [0, 0.1) is 4.91 Å². The standard InChI is InChI=1S/C16H22N2O7S/c1-16(2)8-10(9-26(23,24)25)11-6-12(17-22)14(19)7-13(11)18(16)5-3-4-15(20)21/h6-7,10,19H,3-5,8-9H2,1-2H3,(H,20,21)(H,23,24,25). The minimum Gasteiger partial charge on any atom is -0.748 e. The lowest BCUT2D eigenvalue weighted by Crippen LogP contribution is -3.16. The molecule has 144 valence electrons. The van der Waals surface area contributed by atoms with Crippen LogP contribution < -0.4 is 4.90 Å². The molecule has 2 unspecified atom stereocenters. The molecule has 0 radical (unpaired) electrons. The maximum absolute atomic E-state index is 11.3. The molecule has 0 saturated heterocycles. The Bertz CT molecular complexity index is 820. The van der Waals surface area contributed by atoms with Crippen molar-refractivity contribution in [1.82, 2.24) is 0 Å². The van der Waals surface area contributed by atoms with E-state index in [4.69, 9.17) is 5.11 Å². The first kappa shape index (κ1) is 20.3. The number of hydrogen-bond donors (Lipinski definition) is 3. The summed E-state index contributed by atoms with van der Waals surface area (Å²) in [5.41, 5.74) is 0.317. The molecule has 1 aliphatic rings. The Morgan fingerprint density at radius 3 is 2.62 bits per heavy atom. The van der Waals surface area contributed by atoms with Gasteiger partial charge in [0, 0.05) is 36.1 Å². The predicted octanol–water partition coefficient (Wildman–Crippen LogP) is 0.982. The van der Waals surface area contributed by atoms with Crippen LogP contribution in [0.15, 0.2) is 17.3 Å². The zero-order chi connectivity index (χ0) is 19.7. The van der Waals surface area contributed by atoms with Gasteiger partial charge < -0.3 is 14.8 Å². The zero-order valence-electron chi connectivity index (χ0n) is 14.6. The highest BCUT2D eigenvalue weighted by Gasteiger charge is 2.43. The second-order valence-electron chi connectivity index (χ2n) is 7.25. The van der Waals surface area contributed by atoms with E-state index in [0.717, 1.165) is 4.90 Å². The summed E-state index contributed by atoms with van der Waals surface area (Å²) in [5, 5.41) is 21.6. The molecule has 0 aromatic heterocycles. The Morgan fingerprint density at radius 1 is 1.42 bits per heavy atom. The van der Waals surface area contributed by atoms with Crippen LogP contribution in [-0.2, 0) is 14.9 Å². The Hall–Kier alpha value is -2.04. The van der Waals surface area contributed by atoms with E-state index in [0.29, 0.717) is 30.6 Å². The van der Waals surface area contributed by atoms with Gasteiger partial charge in [0.2, 0.25) is 0 Å². The van der Waals surface area contributed by atoms with Crippen molar-refractivity contribution in [2.75, 3.05) is 12.3 Å². The Morgan fingerprint density at radius 2 is 2.08 bits per heavy atom. The molecule has 1 aromatic carbocycles. The minimum atomic E-state index is -4.50. The maximum atomic E-state index is 11.3. The summed E-state index contributed by atoms with van der Waals surface area (Å²) in [4.78, 5) is 22.6. The van der Waals surface area contributed by atoms with Gasteiger partial charge in [-0.05, 0) is 25.1 Å². The summed E-state index contributed by atoms with van der Waals surface area (Å²) in [6.45, 7) is 4.22. The highest BCUT2D eigenvalue weighted by atomic mass is 32.2. The van der Waals surface area contributed by atoms with Gasteiger partial charge in [-0.2, -0.15) is 0 Å². The number of carboxylic acid groups (broad SMARTS) is 1. The number of phenolic OH excluding ortho intramolecular Hbond substituents is 1. The highest BCUT2D eigenvalue weighted by molar-refractivity contribution is 7.85. The largest absolute Gasteiger partial charge is 0.748 e. The first-order valence-electron chi connectivity index (χ1n) is 8.17. The van der Waals surface area contributed by atoms with Crippen molar-refractivity contribution in [1.29, 1.82) is 0 Å². The first-order chi connectivity index (χ1) is 11.9. The number of nitrogens with zero attached hydrogens (tertiary/aromatic N) is 1. The number of aromatic hydroxyl groups is 1. The van der Waals surface area contributed by atoms with Crippen molar-refractivity contribution in [2.45, 2.75) is 44.6 Å². The number of nitrogens with one attached hydrogen (secondary N) is 1. The molecule has 2 atom stereocenters. The molecule has 0 fully saturated rings. The number of nitroso groups, excluding NO2 is 1. The van der Waals surface area contributed by atoms with Crippen LogP contribution in [0.5, 0.6) is 5.75 Å². The molecule has 2 rings (SSSR count). The summed E-state index contributed by atoms with van der Waals surface area (Å²) >= 11 is 0. The molecule has 3 N–H and O–H groups in total. The van der Waals surface area contributed by atoms with Crippen LogP contribution in [-0.4, -0.2) is 47.0 Å². The second-order valence-corrected chi connectivity index (χ2v) is 8.70. The fourth-order valence-electron chi connectivity index (χ4n) is 3.76. The van der Waals surface area contributed by atoms with E-state index >= 15 is 0 Å². The summed E-state index contributed by atoms with van der Waals surface area (Å²) < 4.78 is 33.9. The van der Waals surface area contributed by atoms with E-state index < -0.39 is 33.3 Å². The lowest BCUT2D eigenvalue weighted by Gasteiger charge is -2.43. The minimum absolute atomic E-state index is 0.0206. The van der Waals surface area contributed by atoms with Gasteiger partial charge in [0.25, 0.3) is 0 Å².